The van der Waals surface area contributed by atoms with E-state index >= 15 is 0 Å². The van der Waals surface area contributed by atoms with E-state index < -0.39 is 17.7 Å². The summed E-state index contributed by atoms with van der Waals surface area (Å²) < 4.78 is 49.1. The summed E-state index contributed by atoms with van der Waals surface area (Å²) in [7, 11) is 0. The Labute approximate surface area is 77.7 Å². The van der Waals surface area contributed by atoms with Crippen LogP contribution in [0, 0.1) is 5.82 Å². The van der Waals surface area contributed by atoms with Crippen molar-refractivity contribution in [2.75, 3.05) is 6.54 Å². The number of nitrogens with two attached hydrogens (primary N) is 1. The number of nitrogens with zero attached hydrogens (tertiary/aromatic N) is 1. The second-order valence-corrected chi connectivity index (χ2v) is 2.70. The van der Waals surface area contributed by atoms with Gasteiger partial charge in [-0.25, -0.2) is 9.37 Å². The summed E-state index contributed by atoms with van der Waals surface area (Å²) in [5, 5.41) is 0. The third-order valence-corrected chi connectivity index (χ3v) is 1.53. The fourth-order valence-corrected chi connectivity index (χ4v) is 0.972. The molecule has 0 aromatic carbocycles. The first kappa shape index (κ1) is 10.9. The highest BCUT2D eigenvalue weighted by Crippen LogP contribution is 2.28. The summed E-state index contributed by atoms with van der Waals surface area (Å²) in [6, 6.07) is 1.31. The van der Waals surface area contributed by atoms with Crippen molar-refractivity contribution in [3.63, 3.8) is 0 Å². The van der Waals surface area contributed by atoms with Crippen LogP contribution < -0.4 is 5.73 Å². The minimum atomic E-state index is -4.62. The van der Waals surface area contributed by atoms with Gasteiger partial charge < -0.3 is 5.73 Å². The van der Waals surface area contributed by atoms with Crippen LogP contribution in [0.15, 0.2) is 12.1 Å². The highest BCUT2D eigenvalue weighted by molar-refractivity contribution is 5.15. The van der Waals surface area contributed by atoms with Crippen LogP contribution in [0.25, 0.3) is 0 Å². The molecule has 2 N–H and O–H groups in total. The van der Waals surface area contributed by atoms with E-state index in [1.54, 1.807) is 0 Å². The normalized spacial score (nSPS) is 11.8. The molecule has 0 bridgehead atoms. The molecule has 1 aromatic heterocycles. The van der Waals surface area contributed by atoms with Crippen molar-refractivity contribution in [2.45, 2.75) is 12.6 Å². The van der Waals surface area contributed by atoms with E-state index in [-0.39, 0.29) is 18.7 Å². The van der Waals surface area contributed by atoms with E-state index in [0.717, 1.165) is 6.07 Å². The maximum Gasteiger partial charge on any atom is 0.433 e. The van der Waals surface area contributed by atoms with Gasteiger partial charge in [-0.3, -0.25) is 0 Å². The molecule has 1 rings (SSSR count). The van der Waals surface area contributed by atoms with Crippen molar-refractivity contribution in [1.29, 1.82) is 0 Å². The number of alkyl halides is 3. The van der Waals surface area contributed by atoms with Crippen molar-refractivity contribution >= 4 is 0 Å². The fraction of sp³-hybridized carbons (Fsp3) is 0.375. The van der Waals surface area contributed by atoms with Gasteiger partial charge in [0.05, 0.1) is 0 Å². The Morgan fingerprint density at radius 2 is 1.93 bits per heavy atom. The van der Waals surface area contributed by atoms with Crippen molar-refractivity contribution in [1.82, 2.24) is 4.98 Å². The van der Waals surface area contributed by atoms with Gasteiger partial charge in [-0.15, -0.1) is 0 Å². The molecule has 0 radical (unpaired) electrons. The molecule has 0 saturated heterocycles. The lowest BCUT2D eigenvalue weighted by molar-refractivity contribution is -0.141. The Bertz CT molecular complexity index is 322. The number of hydrogen-bond donors (Lipinski definition) is 1. The van der Waals surface area contributed by atoms with Crippen molar-refractivity contribution < 1.29 is 17.6 Å². The standard InChI is InChI=1S/C8H8F4N2/c9-5-3-6(1-2-13)14-7(4-5)8(10,11)12/h3-4H,1-2,13H2. The van der Waals surface area contributed by atoms with Gasteiger partial charge in [0.2, 0.25) is 0 Å². The predicted octanol–water partition coefficient (Wildman–Crippen LogP) is 1.74. The zero-order chi connectivity index (χ0) is 10.8. The quantitative estimate of drug-likeness (QED) is 0.752. The average Bonchev–Trinajstić information content (AvgIpc) is 2.02. The van der Waals surface area contributed by atoms with Gasteiger partial charge in [0, 0.05) is 18.2 Å². The van der Waals surface area contributed by atoms with Gasteiger partial charge in [0.25, 0.3) is 0 Å². The zero-order valence-electron chi connectivity index (χ0n) is 7.11. The van der Waals surface area contributed by atoms with Gasteiger partial charge in [-0.1, -0.05) is 0 Å². The second-order valence-electron chi connectivity index (χ2n) is 2.70. The smallest absolute Gasteiger partial charge is 0.330 e. The topological polar surface area (TPSA) is 38.9 Å². The van der Waals surface area contributed by atoms with E-state index in [1.165, 1.54) is 0 Å². The molecule has 1 heterocycles. The van der Waals surface area contributed by atoms with Gasteiger partial charge in [0.15, 0.2) is 0 Å². The monoisotopic (exact) mass is 208 g/mol. The van der Waals surface area contributed by atoms with E-state index in [9.17, 15) is 17.6 Å². The fourth-order valence-electron chi connectivity index (χ4n) is 0.972. The van der Waals surface area contributed by atoms with Gasteiger partial charge in [-0.2, -0.15) is 13.2 Å². The summed E-state index contributed by atoms with van der Waals surface area (Å²) in [5.41, 5.74) is 3.92. The predicted molar refractivity (Wildman–Crippen MR) is 42.0 cm³/mol. The first-order valence-corrected chi connectivity index (χ1v) is 3.87. The van der Waals surface area contributed by atoms with Crippen LogP contribution in [0.2, 0.25) is 0 Å². The average molecular weight is 208 g/mol. The summed E-state index contributed by atoms with van der Waals surface area (Å²) in [5.74, 6) is -0.948. The minimum absolute atomic E-state index is 0.0137. The summed E-state index contributed by atoms with van der Waals surface area (Å²) >= 11 is 0. The molecule has 2 nitrogen and oxygen atoms in total. The third-order valence-electron chi connectivity index (χ3n) is 1.53. The van der Waals surface area contributed by atoms with Crippen LogP contribution in [-0.4, -0.2) is 11.5 Å². The second kappa shape index (κ2) is 3.91. The number of pyridine rings is 1. The lowest BCUT2D eigenvalue weighted by Gasteiger charge is -2.07. The number of aromatic nitrogens is 1. The van der Waals surface area contributed by atoms with Gasteiger partial charge >= 0.3 is 6.18 Å². The first-order chi connectivity index (χ1) is 6.43. The molecule has 78 valence electrons. The van der Waals surface area contributed by atoms with Crippen LogP contribution in [0.3, 0.4) is 0 Å². The molecule has 1 aromatic rings. The van der Waals surface area contributed by atoms with E-state index in [4.69, 9.17) is 5.73 Å². The first-order valence-electron chi connectivity index (χ1n) is 3.87. The van der Waals surface area contributed by atoms with Crippen LogP contribution in [-0.2, 0) is 12.6 Å². The Kier molecular flexibility index (Phi) is 3.05. The Morgan fingerprint density at radius 1 is 1.29 bits per heavy atom. The SMILES string of the molecule is NCCc1cc(F)cc(C(F)(F)F)n1. The molecule has 0 saturated carbocycles. The molecule has 0 fully saturated rings. The highest BCUT2D eigenvalue weighted by atomic mass is 19.4. The summed E-state index contributed by atoms with van der Waals surface area (Å²) in [4.78, 5) is 3.25. The van der Waals surface area contributed by atoms with Crippen molar-refractivity contribution in [2.24, 2.45) is 5.73 Å². The molecular weight excluding hydrogens is 200 g/mol. The molecule has 0 amide bonds. The van der Waals surface area contributed by atoms with Crippen LogP contribution >= 0.6 is 0 Å². The molecule has 0 atom stereocenters. The van der Waals surface area contributed by atoms with Gasteiger partial charge in [-0.05, 0) is 12.6 Å². The maximum absolute atomic E-state index is 12.7. The Hall–Kier alpha value is -1.17. The van der Waals surface area contributed by atoms with Crippen molar-refractivity contribution in [3.05, 3.63) is 29.3 Å². The number of rotatable bonds is 2. The lowest BCUT2D eigenvalue weighted by Crippen LogP contribution is -2.12. The minimum Gasteiger partial charge on any atom is -0.330 e. The summed E-state index contributed by atoms with van der Waals surface area (Å²) in [6.07, 6.45) is -4.49. The van der Waals surface area contributed by atoms with E-state index in [2.05, 4.69) is 4.98 Å². The molecule has 6 heteroatoms. The maximum atomic E-state index is 12.7. The molecule has 0 aliphatic heterocycles. The zero-order valence-corrected chi connectivity index (χ0v) is 7.11. The molecule has 0 unspecified atom stereocenters. The largest absolute Gasteiger partial charge is 0.433 e. The van der Waals surface area contributed by atoms with Crippen molar-refractivity contribution in [3.8, 4) is 0 Å². The lowest BCUT2D eigenvalue weighted by atomic mass is 10.2. The van der Waals surface area contributed by atoms with Crippen LogP contribution in [0.5, 0.6) is 0 Å². The summed E-state index contributed by atoms with van der Waals surface area (Å²) in [6.45, 7) is 0.133. The Morgan fingerprint density at radius 3 is 2.43 bits per heavy atom. The molecule has 14 heavy (non-hydrogen) atoms. The highest BCUT2D eigenvalue weighted by Gasteiger charge is 2.33. The van der Waals surface area contributed by atoms with E-state index in [1.807, 2.05) is 0 Å². The third kappa shape index (κ3) is 2.66. The number of halogens is 4. The van der Waals surface area contributed by atoms with Gasteiger partial charge in [0.1, 0.15) is 11.5 Å². The van der Waals surface area contributed by atoms with Crippen LogP contribution in [0.1, 0.15) is 11.4 Å². The molecule has 0 aliphatic carbocycles. The Balaban J connectivity index is 3.07. The van der Waals surface area contributed by atoms with E-state index in [0.29, 0.717) is 6.07 Å². The molecule has 0 spiro atoms. The molecule has 0 aliphatic rings. The number of hydrogen-bond acceptors (Lipinski definition) is 2. The molecular formula is C8H8F4N2. The van der Waals surface area contributed by atoms with Crippen LogP contribution in [0.4, 0.5) is 17.6 Å².